The van der Waals surface area contributed by atoms with Gasteiger partial charge in [0.15, 0.2) is 0 Å². The third kappa shape index (κ3) is 2.63. The van der Waals surface area contributed by atoms with Gasteiger partial charge in [0.1, 0.15) is 5.69 Å². The van der Waals surface area contributed by atoms with Crippen LogP contribution in [0.2, 0.25) is 0 Å². The molecule has 22 heavy (non-hydrogen) atoms. The van der Waals surface area contributed by atoms with Crippen molar-refractivity contribution in [2.75, 3.05) is 26.2 Å². The van der Waals surface area contributed by atoms with Crippen LogP contribution in [-0.2, 0) is 6.54 Å². The van der Waals surface area contributed by atoms with Gasteiger partial charge in [-0.1, -0.05) is 18.2 Å². The number of carbonyl (C=O) groups excluding carboxylic acids is 1. The van der Waals surface area contributed by atoms with E-state index in [4.69, 9.17) is 0 Å². The van der Waals surface area contributed by atoms with Crippen molar-refractivity contribution in [2.45, 2.75) is 33.4 Å². The van der Waals surface area contributed by atoms with Crippen LogP contribution in [0, 0.1) is 0 Å². The molecule has 0 radical (unpaired) electrons. The first kappa shape index (κ1) is 15.1. The number of fused-ring (bicyclic) bond motifs is 1. The van der Waals surface area contributed by atoms with Crippen LogP contribution in [0.5, 0.6) is 0 Å². The molecule has 4 nitrogen and oxygen atoms in total. The summed E-state index contributed by atoms with van der Waals surface area (Å²) < 4.78 is 2.13. The Morgan fingerprint density at radius 1 is 1.14 bits per heavy atom. The number of hydrogen-bond donors (Lipinski definition) is 0. The Morgan fingerprint density at radius 3 is 2.45 bits per heavy atom. The van der Waals surface area contributed by atoms with Crippen molar-refractivity contribution in [1.82, 2.24) is 14.4 Å². The lowest BCUT2D eigenvalue weighted by atomic mass is 10.2. The maximum atomic E-state index is 12.9. The minimum absolute atomic E-state index is 0.168. The van der Waals surface area contributed by atoms with Gasteiger partial charge in [-0.15, -0.1) is 0 Å². The summed E-state index contributed by atoms with van der Waals surface area (Å²) in [5.74, 6) is 0.168. The van der Waals surface area contributed by atoms with E-state index in [1.54, 1.807) is 0 Å². The van der Waals surface area contributed by atoms with E-state index in [2.05, 4.69) is 42.4 Å². The predicted molar refractivity (Wildman–Crippen MR) is 90.2 cm³/mol. The molecule has 3 rings (SSSR count). The smallest absolute Gasteiger partial charge is 0.270 e. The van der Waals surface area contributed by atoms with Gasteiger partial charge in [-0.3, -0.25) is 9.69 Å². The zero-order valence-electron chi connectivity index (χ0n) is 13.7. The second-order valence-corrected chi connectivity index (χ2v) is 6.25. The molecule has 1 fully saturated rings. The Labute approximate surface area is 132 Å². The van der Waals surface area contributed by atoms with Crippen LogP contribution in [0.15, 0.2) is 30.3 Å². The molecule has 0 unspecified atom stereocenters. The normalized spacial score (nSPS) is 16.6. The summed E-state index contributed by atoms with van der Waals surface area (Å²) in [6, 6.07) is 10.8. The fraction of sp³-hybridized carbons (Fsp3) is 0.500. The molecule has 0 saturated carbocycles. The first-order valence-corrected chi connectivity index (χ1v) is 8.23. The van der Waals surface area contributed by atoms with E-state index < -0.39 is 0 Å². The summed E-state index contributed by atoms with van der Waals surface area (Å²) in [5, 5.41) is 1.15. The number of aryl methyl sites for hydroxylation is 1. The number of aromatic nitrogens is 1. The Kier molecular flexibility index (Phi) is 4.21. The van der Waals surface area contributed by atoms with Crippen LogP contribution < -0.4 is 0 Å². The molecule has 0 atom stereocenters. The summed E-state index contributed by atoms with van der Waals surface area (Å²) in [6.45, 7) is 10.9. The SMILES string of the molecule is CCn1c(C(=O)N2CCN(C(C)C)CC2)cc2ccccc21. The predicted octanol–water partition coefficient (Wildman–Crippen LogP) is 2.83. The molecule has 1 aromatic carbocycles. The Hall–Kier alpha value is -1.81. The Balaban J connectivity index is 1.84. The van der Waals surface area contributed by atoms with Gasteiger partial charge in [0.25, 0.3) is 5.91 Å². The molecule has 4 heteroatoms. The number of benzene rings is 1. The van der Waals surface area contributed by atoms with Crippen LogP contribution in [0.3, 0.4) is 0 Å². The molecule has 2 aromatic rings. The standard InChI is InChI=1S/C18H25N3O/c1-4-21-16-8-6-5-7-15(16)13-17(21)18(22)20-11-9-19(10-12-20)14(2)3/h5-8,13-14H,4,9-12H2,1-3H3. The number of carbonyl (C=O) groups is 1. The van der Waals surface area contributed by atoms with Crippen LogP contribution in [-0.4, -0.2) is 52.5 Å². The summed E-state index contributed by atoms with van der Waals surface area (Å²) >= 11 is 0. The van der Waals surface area contributed by atoms with E-state index in [0.29, 0.717) is 6.04 Å². The van der Waals surface area contributed by atoms with Crippen molar-refractivity contribution in [3.8, 4) is 0 Å². The molecule has 0 bridgehead atoms. The molecule has 0 aliphatic carbocycles. The van der Waals surface area contributed by atoms with E-state index >= 15 is 0 Å². The number of rotatable bonds is 3. The van der Waals surface area contributed by atoms with E-state index in [1.165, 1.54) is 0 Å². The highest BCUT2D eigenvalue weighted by Crippen LogP contribution is 2.21. The van der Waals surface area contributed by atoms with E-state index in [9.17, 15) is 4.79 Å². The lowest BCUT2D eigenvalue weighted by Gasteiger charge is -2.37. The number of piperazine rings is 1. The molecule has 0 spiro atoms. The molecule has 1 aromatic heterocycles. The lowest BCUT2D eigenvalue weighted by molar-refractivity contribution is 0.0586. The van der Waals surface area contributed by atoms with Gasteiger partial charge in [0.05, 0.1) is 0 Å². The highest BCUT2D eigenvalue weighted by Gasteiger charge is 2.25. The van der Waals surface area contributed by atoms with E-state index in [-0.39, 0.29) is 5.91 Å². The average Bonchev–Trinajstić information content (AvgIpc) is 2.92. The third-order valence-corrected chi connectivity index (χ3v) is 4.68. The van der Waals surface area contributed by atoms with Gasteiger partial charge in [0.2, 0.25) is 0 Å². The zero-order chi connectivity index (χ0) is 15.7. The Morgan fingerprint density at radius 2 is 1.82 bits per heavy atom. The zero-order valence-corrected chi connectivity index (χ0v) is 13.7. The highest BCUT2D eigenvalue weighted by molar-refractivity contribution is 5.98. The second-order valence-electron chi connectivity index (χ2n) is 6.25. The summed E-state index contributed by atoms with van der Waals surface area (Å²) in [6.07, 6.45) is 0. The van der Waals surface area contributed by atoms with Crippen molar-refractivity contribution in [2.24, 2.45) is 0 Å². The van der Waals surface area contributed by atoms with Crippen molar-refractivity contribution < 1.29 is 4.79 Å². The molecule has 1 aliphatic heterocycles. The van der Waals surface area contributed by atoms with Crippen LogP contribution in [0.25, 0.3) is 10.9 Å². The largest absolute Gasteiger partial charge is 0.337 e. The fourth-order valence-electron chi connectivity index (χ4n) is 3.33. The third-order valence-electron chi connectivity index (χ3n) is 4.68. The Bertz CT molecular complexity index is 666. The molecule has 1 amide bonds. The number of amides is 1. The quantitative estimate of drug-likeness (QED) is 0.872. The molecule has 1 saturated heterocycles. The number of nitrogens with zero attached hydrogens (tertiary/aromatic N) is 3. The second kappa shape index (κ2) is 6.13. The van der Waals surface area contributed by atoms with Crippen LogP contribution >= 0.6 is 0 Å². The monoisotopic (exact) mass is 299 g/mol. The van der Waals surface area contributed by atoms with Crippen LogP contribution in [0.1, 0.15) is 31.3 Å². The van der Waals surface area contributed by atoms with E-state index in [0.717, 1.165) is 49.3 Å². The molecule has 0 N–H and O–H groups in total. The highest BCUT2D eigenvalue weighted by atomic mass is 16.2. The summed E-state index contributed by atoms with van der Waals surface area (Å²) in [4.78, 5) is 17.3. The lowest BCUT2D eigenvalue weighted by Crippen LogP contribution is -2.51. The average molecular weight is 299 g/mol. The first-order chi connectivity index (χ1) is 10.6. The minimum atomic E-state index is 0.168. The topological polar surface area (TPSA) is 28.5 Å². The van der Waals surface area contributed by atoms with Gasteiger partial charge in [-0.25, -0.2) is 0 Å². The van der Waals surface area contributed by atoms with Gasteiger partial charge in [0, 0.05) is 49.7 Å². The maximum Gasteiger partial charge on any atom is 0.270 e. The minimum Gasteiger partial charge on any atom is -0.337 e. The summed E-state index contributed by atoms with van der Waals surface area (Å²) in [5.41, 5.74) is 1.97. The number of hydrogen-bond acceptors (Lipinski definition) is 2. The van der Waals surface area contributed by atoms with Crippen molar-refractivity contribution in [3.05, 3.63) is 36.0 Å². The summed E-state index contributed by atoms with van der Waals surface area (Å²) in [7, 11) is 0. The van der Waals surface area contributed by atoms with Gasteiger partial charge < -0.3 is 9.47 Å². The van der Waals surface area contributed by atoms with Gasteiger partial charge in [-0.2, -0.15) is 0 Å². The van der Waals surface area contributed by atoms with Gasteiger partial charge >= 0.3 is 0 Å². The van der Waals surface area contributed by atoms with E-state index in [1.807, 2.05) is 23.1 Å². The van der Waals surface area contributed by atoms with Crippen molar-refractivity contribution in [3.63, 3.8) is 0 Å². The maximum absolute atomic E-state index is 12.9. The molecular weight excluding hydrogens is 274 g/mol. The van der Waals surface area contributed by atoms with Crippen LogP contribution in [0.4, 0.5) is 0 Å². The molecular formula is C18H25N3O. The number of para-hydroxylation sites is 1. The molecule has 118 valence electrons. The van der Waals surface area contributed by atoms with Crippen molar-refractivity contribution >= 4 is 16.8 Å². The van der Waals surface area contributed by atoms with Crippen molar-refractivity contribution in [1.29, 1.82) is 0 Å². The molecule has 2 heterocycles. The fourth-order valence-corrected chi connectivity index (χ4v) is 3.33. The first-order valence-electron chi connectivity index (χ1n) is 8.23. The molecule has 1 aliphatic rings. The van der Waals surface area contributed by atoms with Gasteiger partial charge in [-0.05, 0) is 32.9 Å².